The van der Waals surface area contributed by atoms with Crippen LogP contribution in [0.15, 0.2) is 24.3 Å². The summed E-state index contributed by atoms with van der Waals surface area (Å²) in [5.74, 6) is -0.532. The molecule has 2 amide bonds. The van der Waals surface area contributed by atoms with Crippen LogP contribution in [-0.2, 0) is 9.59 Å². The van der Waals surface area contributed by atoms with Gasteiger partial charge in [-0.05, 0) is 25.0 Å². The lowest BCUT2D eigenvalue weighted by Gasteiger charge is -2.29. The van der Waals surface area contributed by atoms with Gasteiger partial charge in [0.15, 0.2) is 5.78 Å². The number of ketones is 1. The van der Waals surface area contributed by atoms with Gasteiger partial charge in [0.2, 0.25) is 11.8 Å². The molecule has 0 unspecified atom stereocenters. The molecule has 1 heterocycles. The number of para-hydroxylation sites is 1. The fraction of sp³-hybridized carbons (Fsp3) is 0.357. The van der Waals surface area contributed by atoms with E-state index in [0.29, 0.717) is 24.1 Å². The van der Waals surface area contributed by atoms with Crippen LogP contribution in [0.2, 0.25) is 0 Å². The average molecular weight is 245 g/mol. The Morgan fingerprint density at radius 2 is 1.72 bits per heavy atom. The highest BCUT2D eigenvalue weighted by molar-refractivity contribution is 6.19. The van der Waals surface area contributed by atoms with E-state index in [9.17, 15) is 14.4 Å². The molecule has 0 saturated carbocycles. The number of anilines is 1. The summed E-state index contributed by atoms with van der Waals surface area (Å²) in [7, 11) is 0. The fourth-order valence-electron chi connectivity index (χ4n) is 2.23. The van der Waals surface area contributed by atoms with Crippen molar-refractivity contribution in [3.05, 3.63) is 29.8 Å². The molecule has 18 heavy (non-hydrogen) atoms. The molecule has 4 nitrogen and oxygen atoms in total. The van der Waals surface area contributed by atoms with Gasteiger partial charge in [-0.2, -0.15) is 0 Å². The minimum Gasteiger partial charge on any atom is -0.294 e. The molecule has 0 aliphatic carbocycles. The first kappa shape index (κ1) is 12.5. The number of nitrogens with zero attached hydrogens (tertiary/aromatic N) is 1. The molecule has 0 aromatic heterocycles. The minimum absolute atomic E-state index is 0.0748. The number of piperidine rings is 1. The van der Waals surface area contributed by atoms with Crippen molar-refractivity contribution in [2.45, 2.75) is 26.7 Å². The molecule has 1 aliphatic rings. The van der Waals surface area contributed by atoms with E-state index in [-0.39, 0.29) is 23.5 Å². The second-order valence-electron chi connectivity index (χ2n) is 4.71. The molecular formula is C14H15NO3. The van der Waals surface area contributed by atoms with Crippen LogP contribution in [-0.4, -0.2) is 17.6 Å². The lowest BCUT2D eigenvalue weighted by atomic mass is 9.96. The Labute approximate surface area is 106 Å². The van der Waals surface area contributed by atoms with Crippen LogP contribution in [0, 0.1) is 5.92 Å². The molecule has 0 N–H and O–H groups in total. The second-order valence-corrected chi connectivity index (χ2v) is 4.71. The molecule has 1 aromatic rings. The maximum absolute atomic E-state index is 12.0. The summed E-state index contributed by atoms with van der Waals surface area (Å²) in [6.45, 7) is 3.31. The monoisotopic (exact) mass is 245 g/mol. The van der Waals surface area contributed by atoms with E-state index in [1.807, 2.05) is 6.92 Å². The van der Waals surface area contributed by atoms with E-state index >= 15 is 0 Å². The van der Waals surface area contributed by atoms with E-state index in [1.54, 1.807) is 24.3 Å². The molecule has 4 heteroatoms. The number of imide groups is 1. The van der Waals surface area contributed by atoms with Crippen molar-refractivity contribution in [1.29, 1.82) is 0 Å². The molecule has 0 spiro atoms. The zero-order chi connectivity index (χ0) is 13.3. The number of carbonyl (C=O) groups is 3. The van der Waals surface area contributed by atoms with Gasteiger partial charge in [0.1, 0.15) is 0 Å². The van der Waals surface area contributed by atoms with Gasteiger partial charge in [-0.25, -0.2) is 4.90 Å². The average Bonchev–Trinajstić information content (AvgIpc) is 2.28. The Kier molecular flexibility index (Phi) is 3.28. The first-order chi connectivity index (χ1) is 8.50. The van der Waals surface area contributed by atoms with Gasteiger partial charge < -0.3 is 0 Å². The van der Waals surface area contributed by atoms with Crippen molar-refractivity contribution in [2.24, 2.45) is 5.92 Å². The Balaban J connectivity index is 2.45. The number of amides is 2. The van der Waals surface area contributed by atoms with Crippen molar-refractivity contribution in [3.63, 3.8) is 0 Å². The lowest BCUT2D eigenvalue weighted by molar-refractivity contribution is -0.130. The quantitative estimate of drug-likeness (QED) is 0.592. The predicted molar refractivity (Wildman–Crippen MR) is 67.3 cm³/mol. The molecular weight excluding hydrogens is 230 g/mol. The zero-order valence-electron chi connectivity index (χ0n) is 10.5. The molecule has 2 rings (SSSR count). The summed E-state index contributed by atoms with van der Waals surface area (Å²) >= 11 is 0. The van der Waals surface area contributed by atoms with Crippen LogP contribution in [0.5, 0.6) is 0 Å². The first-order valence-corrected chi connectivity index (χ1v) is 5.96. The molecule has 0 radical (unpaired) electrons. The highest BCUT2D eigenvalue weighted by Crippen LogP contribution is 2.28. The molecule has 94 valence electrons. The molecule has 0 atom stereocenters. The molecule has 1 aromatic carbocycles. The van der Waals surface area contributed by atoms with Gasteiger partial charge in [0.25, 0.3) is 0 Å². The smallest absolute Gasteiger partial charge is 0.234 e. The summed E-state index contributed by atoms with van der Waals surface area (Å²) in [6.07, 6.45) is 0.690. The maximum Gasteiger partial charge on any atom is 0.234 e. The third kappa shape index (κ3) is 2.18. The van der Waals surface area contributed by atoms with Gasteiger partial charge in [-0.15, -0.1) is 0 Å². The third-order valence-electron chi connectivity index (χ3n) is 3.07. The van der Waals surface area contributed by atoms with Crippen molar-refractivity contribution in [1.82, 2.24) is 0 Å². The summed E-state index contributed by atoms with van der Waals surface area (Å²) in [5.41, 5.74) is 0.820. The second kappa shape index (κ2) is 4.72. The summed E-state index contributed by atoms with van der Waals surface area (Å²) < 4.78 is 0. The van der Waals surface area contributed by atoms with Gasteiger partial charge in [0, 0.05) is 18.4 Å². The highest BCUT2D eigenvalue weighted by atomic mass is 16.2. The van der Waals surface area contributed by atoms with Crippen LogP contribution < -0.4 is 4.90 Å². The van der Waals surface area contributed by atoms with Crippen LogP contribution in [0.1, 0.15) is 37.0 Å². The molecule has 1 aliphatic heterocycles. The highest BCUT2D eigenvalue weighted by Gasteiger charge is 2.32. The lowest BCUT2D eigenvalue weighted by Crippen LogP contribution is -2.43. The minimum atomic E-state index is -0.229. The number of benzene rings is 1. The summed E-state index contributed by atoms with van der Waals surface area (Å²) in [5, 5.41) is 0. The van der Waals surface area contributed by atoms with Gasteiger partial charge in [0.05, 0.1) is 5.69 Å². The van der Waals surface area contributed by atoms with Gasteiger partial charge >= 0.3 is 0 Å². The Bertz CT molecular complexity index is 504. The summed E-state index contributed by atoms with van der Waals surface area (Å²) in [6, 6.07) is 6.72. The number of hydrogen-bond donors (Lipinski definition) is 0. The number of rotatable bonds is 2. The Hall–Kier alpha value is -1.97. The van der Waals surface area contributed by atoms with E-state index in [1.165, 1.54) is 6.92 Å². The number of hydrogen-bond acceptors (Lipinski definition) is 3. The standard InChI is InChI=1S/C14H15NO3/c1-9-7-13(17)15(14(18)8-9)12-6-4-3-5-11(12)10(2)16/h3-6,9H,7-8H2,1-2H3. The van der Waals surface area contributed by atoms with Crippen LogP contribution in [0.3, 0.4) is 0 Å². The van der Waals surface area contributed by atoms with Crippen LogP contribution in [0.4, 0.5) is 5.69 Å². The van der Waals surface area contributed by atoms with Crippen molar-refractivity contribution in [3.8, 4) is 0 Å². The number of Topliss-reactive ketones (excluding diaryl/α,β-unsaturated/α-hetero) is 1. The Morgan fingerprint density at radius 3 is 2.28 bits per heavy atom. The Morgan fingerprint density at radius 1 is 1.17 bits per heavy atom. The normalized spacial score (nSPS) is 17.1. The van der Waals surface area contributed by atoms with Crippen molar-refractivity contribution >= 4 is 23.3 Å². The van der Waals surface area contributed by atoms with Gasteiger partial charge in [-0.3, -0.25) is 14.4 Å². The van der Waals surface area contributed by atoms with Crippen LogP contribution >= 0.6 is 0 Å². The van der Waals surface area contributed by atoms with Crippen LogP contribution in [0.25, 0.3) is 0 Å². The predicted octanol–water partition coefficient (Wildman–Crippen LogP) is 2.18. The summed E-state index contributed by atoms with van der Waals surface area (Å²) in [4.78, 5) is 36.7. The molecule has 1 fully saturated rings. The first-order valence-electron chi connectivity index (χ1n) is 5.96. The topological polar surface area (TPSA) is 54.5 Å². The largest absolute Gasteiger partial charge is 0.294 e. The fourth-order valence-corrected chi connectivity index (χ4v) is 2.23. The maximum atomic E-state index is 12.0. The van der Waals surface area contributed by atoms with Crippen molar-refractivity contribution < 1.29 is 14.4 Å². The third-order valence-corrected chi connectivity index (χ3v) is 3.07. The van der Waals surface area contributed by atoms with E-state index < -0.39 is 0 Å². The van der Waals surface area contributed by atoms with E-state index in [0.717, 1.165) is 4.90 Å². The SMILES string of the molecule is CC(=O)c1ccccc1N1C(=O)CC(C)CC1=O. The van der Waals surface area contributed by atoms with Gasteiger partial charge in [-0.1, -0.05) is 19.1 Å². The van der Waals surface area contributed by atoms with Crippen molar-refractivity contribution in [2.75, 3.05) is 4.90 Å². The van der Waals surface area contributed by atoms with E-state index in [2.05, 4.69) is 0 Å². The number of carbonyl (C=O) groups excluding carboxylic acids is 3. The van der Waals surface area contributed by atoms with E-state index in [4.69, 9.17) is 0 Å². The molecule has 0 bridgehead atoms. The zero-order valence-corrected chi connectivity index (χ0v) is 10.5. The molecule has 1 saturated heterocycles.